The van der Waals surface area contributed by atoms with E-state index >= 15 is 0 Å². The number of carbonyl (C=O) groups excluding carboxylic acids is 2. The number of nitro groups is 1. The first-order chi connectivity index (χ1) is 18.8. The average Bonchev–Trinajstić information content (AvgIpc) is 3.36. The summed E-state index contributed by atoms with van der Waals surface area (Å²) in [7, 11) is 3.94. The first kappa shape index (κ1) is 26.9. The van der Waals surface area contributed by atoms with Crippen LogP contribution in [0.1, 0.15) is 32.0 Å². The van der Waals surface area contributed by atoms with Gasteiger partial charge in [0.1, 0.15) is 29.4 Å². The van der Waals surface area contributed by atoms with Crippen molar-refractivity contribution < 1.29 is 33.5 Å². The van der Waals surface area contributed by atoms with E-state index < -0.39 is 16.9 Å². The monoisotopic (exact) mass is 531 g/mol. The fourth-order valence-corrected chi connectivity index (χ4v) is 4.08. The Morgan fingerprint density at radius 1 is 0.949 bits per heavy atom. The molecule has 0 spiro atoms. The van der Waals surface area contributed by atoms with Gasteiger partial charge in [0.05, 0.1) is 31.9 Å². The molecular formula is C28H25N3O8. The molecule has 4 aromatic rings. The highest BCUT2D eigenvalue weighted by molar-refractivity contribution is 6.06. The van der Waals surface area contributed by atoms with Crippen LogP contribution in [0, 0.1) is 17.0 Å². The third-order valence-electron chi connectivity index (χ3n) is 5.97. The van der Waals surface area contributed by atoms with Crippen molar-refractivity contribution in [1.29, 1.82) is 0 Å². The predicted molar refractivity (Wildman–Crippen MR) is 140 cm³/mol. The summed E-state index contributed by atoms with van der Waals surface area (Å²) in [6.07, 6.45) is 0. The molecule has 4 rings (SSSR count). The molecule has 1 aromatic heterocycles. The SMILES string of the molecule is COC(=O)c1c(-c2ccc(OC)c(COc3ccc([N+](=O)[O-])c(C)c3)c2)nn(-c2ccccc2)c1C(=O)OC. The van der Waals surface area contributed by atoms with Gasteiger partial charge in [-0.15, -0.1) is 0 Å². The van der Waals surface area contributed by atoms with Gasteiger partial charge in [0.25, 0.3) is 5.69 Å². The second-order valence-corrected chi connectivity index (χ2v) is 8.32. The minimum Gasteiger partial charge on any atom is -0.496 e. The maximum absolute atomic E-state index is 12.9. The Balaban J connectivity index is 1.80. The lowest BCUT2D eigenvalue weighted by molar-refractivity contribution is -0.385. The Kier molecular flexibility index (Phi) is 7.90. The highest BCUT2D eigenvalue weighted by Gasteiger charge is 2.31. The second-order valence-electron chi connectivity index (χ2n) is 8.32. The number of hydrogen-bond acceptors (Lipinski definition) is 9. The summed E-state index contributed by atoms with van der Waals surface area (Å²) >= 11 is 0. The van der Waals surface area contributed by atoms with Crippen molar-refractivity contribution in [1.82, 2.24) is 9.78 Å². The minimum atomic E-state index is -0.762. The van der Waals surface area contributed by atoms with Crippen molar-refractivity contribution in [3.63, 3.8) is 0 Å². The van der Waals surface area contributed by atoms with Gasteiger partial charge in [-0.25, -0.2) is 14.3 Å². The summed E-state index contributed by atoms with van der Waals surface area (Å²) in [4.78, 5) is 36.4. The number of nitrogens with zero attached hydrogens (tertiary/aromatic N) is 3. The molecule has 0 amide bonds. The van der Waals surface area contributed by atoms with Crippen LogP contribution in [0.5, 0.6) is 11.5 Å². The van der Waals surface area contributed by atoms with E-state index in [9.17, 15) is 19.7 Å². The Labute approximate surface area is 223 Å². The molecule has 1 heterocycles. The van der Waals surface area contributed by atoms with Crippen molar-refractivity contribution in [2.75, 3.05) is 21.3 Å². The molecule has 200 valence electrons. The number of benzene rings is 3. The van der Waals surface area contributed by atoms with Crippen molar-refractivity contribution >= 4 is 17.6 Å². The maximum Gasteiger partial charge on any atom is 0.357 e. The van der Waals surface area contributed by atoms with Crippen LogP contribution in [0.4, 0.5) is 5.69 Å². The molecule has 0 aliphatic rings. The van der Waals surface area contributed by atoms with Crippen LogP contribution in [0.15, 0.2) is 66.7 Å². The summed E-state index contributed by atoms with van der Waals surface area (Å²) in [6.45, 7) is 1.67. The Morgan fingerprint density at radius 2 is 1.67 bits per heavy atom. The number of nitro benzene ring substituents is 1. The Bertz CT molecular complexity index is 1550. The van der Waals surface area contributed by atoms with Gasteiger partial charge in [-0.1, -0.05) is 18.2 Å². The normalized spacial score (nSPS) is 10.6. The molecule has 0 aliphatic heterocycles. The van der Waals surface area contributed by atoms with Gasteiger partial charge in [-0.2, -0.15) is 5.10 Å². The van der Waals surface area contributed by atoms with Gasteiger partial charge < -0.3 is 18.9 Å². The van der Waals surface area contributed by atoms with Gasteiger partial charge in [0, 0.05) is 22.8 Å². The number of carbonyl (C=O) groups is 2. The number of rotatable bonds is 9. The van der Waals surface area contributed by atoms with E-state index in [-0.39, 0.29) is 29.2 Å². The zero-order chi connectivity index (χ0) is 28.1. The molecule has 0 aliphatic carbocycles. The fourth-order valence-electron chi connectivity index (χ4n) is 4.08. The zero-order valence-corrected chi connectivity index (χ0v) is 21.7. The molecule has 0 N–H and O–H groups in total. The van der Waals surface area contributed by atoms with Crippen molar-refractivity contribution in [3.05, 3.63) is 99.2 Å². The highest BCUT2D eigenvalue weighted by Crippen LogP contribution is 2.33. The summed E-state index contributed by atoms with van der Waals surface area (Å²) < 4.78 is 22.7. The van der Waals surface area contributed by atoms with Gasteiger partial charge in [0.2, 0.25) is 0 Å². The Hall–Kier alpha value is -5.19. The highest BCUT2D eigenvalue weighted by atomic mass is 16.6. The number of methoxy groups -OCH3 is 3. The third kappa shape index (κ3) is 5.42. The number of ether oxygens (including phenoxy) is 4. The Morgan fingerprint density at radius 3 is 2.28 bits per heavy atom. The summed E-state index contributed by atoms with van der Waals surface area (Å²) in [6, 6.07) is 18.4. The molecule has 0 fully saturated rings. The van der Waals surface area contributed by atoms with E-state index in [4.69, 9.17) is 18.9 Å². The summed E-state index contributed by atoms with van der Waals surface area (Å²) in [5.74, 6) is -0.582. The molecule has 3 aromatic carbocycles. The third-order valence-corrected chi connectivity index (χ3v) is 5.97. The number of para-hydroxylation sites is 1. The quantitative estimate of drug-likeness (QED) is 0.168. The molecule has 0 bridgehead atoms. The molecule has 11 nitrogen and oxygen atoms in total. The fraction of sp³-hybridized carbons (Fsp3) is 0.179. The van der Waals surface area contributed by atoms with Crippen molar-refractivity contribution in [3.8, 4) is 28.4 Å². The number of aromatic nitrogens is 2. The van der Waals surface area contributed by atoms with E-state index in [0.29, 0.717) is 33.9 Å². The molecule has 0 saturated heterocycles. The van der Waals surface area contributed by atoms with Gasteiger partial charge in [-0.3, -0.25) is 10.1 Å². The largest absolute Gasteiger partial charge is 0.496 e. The second kappa shape index (κ2) is 11.5. The molecule has 11 heteroatoms. The van der Waals surface area contributed by atoms with Crippen LogP contribution in [0.2, 0.25) is 0 Å². The van der Waals surface area contributed by atoms with E-state index in [1.54, 1.807) is 55.5 Å². The molecule has 0 radical (unpaired) electrons. The first-order valence-corrected chi connectivity index (χ1v) is 11.7. The molecule has 0 unspecified atom stereocenters. The number of hydrogen-bond donors (Lipinski definition) is 0. The average molecular weight is 532 g/mol. The van der Waals surface area contributed by atoms with Gasteiger partial charge in [-0.05, 0) is 49.4 Å². The number of aryl methyl sites for hydroxylation is 1. The lowest BCUT2D eigenvalue weighted by Gasteiger charge is -2.12. The van der Waals surface area contributed by atoms with Crippen LogP contribution in [0.25, 0.3) is 16.9 Å². The standard InChI is InChI=1S/C28H25N3O8/c1-17-14-21(11-12-22(17)31(34)35)39-16-19-15-18(10-13-23(19)36-2)25-24(27(32)37-3)26(28(33)38-4)30(29-25)20-8-6-5-7-9-20/h5-15H,16H2,1-4H3. The van der Waals surface area contributed by atoms with Gasteiger partial charge >= 0.3 is 11.9 Å². The van der Waals surface area contributed by atoms with E-state index in [1.807, 2.05) is 6.07 Å². The van der Waals surface area contributed by atoms with Crippen LogP contribution >= 0.6 is 0 Å². The van der Waals surface area contributed by atoms with Crippen LogP contribution in [-0.2, 0) is 16.1 Å². The predicted octanol–water partition coefficient (Wildman–Crippen LogP) is 4.92. The molecular weight excluding hydrogens is 506 g/mol. The topological polar surface area (TPSA) is 132 Å². The van der Waals surface area contributed by atoms with Crippen molar-refractivity contribution in [2.24, 2.45) is 0 Å². The molecule has 0 saturated carbocycles. The van der Waals surface area contributed by atoms with Gasteiger partial charge in [0.15, 0.2) is 5.69 Å². The molecule has 39 heavy (non-hydrogen) atoms. The number of esters is 2. The summed E-state index contributed by atoms with van der Waals surface area (Å²) in [5, 5.41) is 15.7. The van der Waals surface area contributed by atoms with E-state index in [2.05, 4.69) is 5.10 Å². The lowest BCUT2D eigenvalue weighted by Crippen LogP contribution is -2.15. The van der Waals surface area contributed by atoms with Crippen LogP contribution < -0.4 is 9.47 Å². The van der Waals surface area contributed by atoms with Crippen molar-refractivity contribution in [2.45, 2.75) is 13.5 Å². The van der Waals surface area contributed by atoms with Crippen LogP contribution in [-0.4, -0.2) is 48.0 Å². The van der Waals surface area contributed by atoms with E-state index in [0.717, 1.165) is 0 Å². The first-order valence-electron chi connectivity index (χ1n) is 11.7. The van der Waals surface area contributed by atoms with E-state index in [1.165, 1.54) is 38.1 Å². The zero-order valence-electron chi connectivity index (χ0n) is 21.7. The maximum atomic E-state index is 12.9. The smallest absolute Gasteiger partial charge is 0.357 e. The summed E-state index contributed by atoms with van der Waals surface area (Å²) in [5.41, 5.74) is 2.15. The molecule has 0 atom stereocenters. The van der Waals surface area contributed by atoms with Crippen LogP contribution in [0.3, 0.4) is 0 Å². The lowest BCUT2D eigenvalue weighted by atomic mass is 10.0. The minimum absolute atomic E-state index is 0.00678.